The van der Waals surface area contributed by atoms with Crippen LogP contribution in [0.4, 0.5) is 11.6 Å². The highest BCUT2D eigenvalue weighted by Crippen LogP contribution is 2.32. The molecule has 2 aromatic heterocycles. The summed E-state index contributed by atoms with van der Waals surface area (Å²) >= 11 is 0. The van der Waals surface area contributed by atoms with Crippen molar-refractivity contribution in [3.63, 3.8) is 0 Å². The monoisotopic (exact) mass is 403 g/mol. The first kappa shape index (κ1) is 18.2. The van der Waals surface area contributed by atoms with Crippen LogP contribution in [0.5, 0.6) is 11.5 Å². The summed E-state index contributed by atoms with van der Waals surface area (Å²) in [5.74, 6) is 2.19. The average molecular weight is 403 g/mol. The molecule has 0 spiro atoms. The lowest BCUT2D eigenvalue weighted by Gasteiger charge is -2.29. The number of para-hydroxylation sites is 1. The van der Waals surface area contributed by atoms with E-state index in [1.807, 2.05) is 59.2 Å². The predicted molar refractivity (Wildman–Crippen MR) is 115 cm³/mol. The number of aromatic nitrogens is 4. The second kappa shape index (κ2) is 6.91. The van der Waals surface area contributed by atoms with Gasteiger partial charge in [0.2, 0.25) is 5.95 Å². The van der Waals surface area contributed by atoms with E-state index in [9.17, 15) is 9.59 Å². The van der Waals surface area contributed by atoms with Crippen LogP contribution in [0.3, 0.4) is 0 Å². The summed E-state index contributed by atoms with van der Waals surface area (Å²) in [4.78, 5) is 31.8. The molecule has 0 fully saturated rings. The number of benzene rings is 2. The smallest absolute Gasteiger partial charge is 0.332 e. The van der Waals surface area contributed by atoms with Crippen LogP contribution < -0.4 is 20.9 Å². The number of fused-ring (bicyclic) bond motifs is 3. The molecule has 0 atom stereocenters. The number of hydrogen-bond acceptors (Lipinski definition) is 5. The predicted octanol–water partition coefficient (Wildman–Crippen LogP) is 2.77. The summed E-state index contributed by atoms with van der Waals surface area (Å²) in [7, 11) is 3.14. The minimum Gasteiger partial charge on any atom is -0.457 e. The Bertz CT molecular complexity index is 1350. The highest BCUT2D eigenvalue weighted by atomic mass is 16.5. The van der Waals surface area contributed by atoms with Gasteiger partial charge in [-0.1, -0.05) is 18.2 Å². The van der Waals surface area contributed by atoms with Crippen molar-refractivity contribution in [2.24, 2.45) is 14.1 Å². The Balaban J connectivity index is 1.55. The molecule has 3 heterocycles. The number of ether oxygens (including phenoxy) is 1. The third-order valence-electron chi connectivity index (χ3n) is 5.46. The number of hydrogen-bond donors (Lipinski definition) is 0. The van der Waals surface area contributed by atoms with Gasteiger partial charge in [-0.05, 0) is 42.8 Å². The normalized spacial score (nSPS) is 13.5. The van der Waals surface area contributed by atoms with Crippen molar-refractivity contribution in [1.82, 2.24) is 18.7 Å². The Kier molecular flexibility index (Phi) is 4.20. The van der Waals surface area contributed by atoms with Crippen LogP contribution in [-0.2, 0) is 20.6 Å². The largest absolute Gasteiger partial charge is 0.457 e. The fourth-order valence-corrected chi connectivity index (χ4v) is 3.90. The number of imidazole rings is 1. The van der Waals surface area contributed by atoms with Crippen LogP contribution in [0, 0.1) is 0 Å². The Morgan fingerprint density at radius 2 is 1.57 bits per heavy atom. The molecule has 0 unspecified atom stereocenters. The molecule has 1 aliphatic rings. The maximum absolute atomic E-state index is 12.7. The van der Waals surface area contributed by atoms with Crippen molar-refractivity contribution in [3.05, 3.63) is 75.4 Å². The number of anilines is 2. The fourth-order valence-electron chi connectivity index (χ4n) is 3.90. The van der Waals surface area contributed by atoms with Crippen molar-refractivity contribution >= 4 is 22.8 Å². The molecule has 0 bridgehead atoms. The zero-order valence-electron chi connectivity index (χ0n) is 16.8. The summed E-state index contributed by atoms with van der Waals surface area (Å²) in [6.45, 7) is 1.46. The highest BCUT2D eigenvalue weighted by Gasteiger charge is 2.26. The van der Waals surface area contributed by atoms with E-state index in [0.29, 0.717) is 23.7 Å². The summed E-state index contributed by atoms with van der Waals surface area (Å²) in [5.41, 5.74) is 1.13. The van der Waals surface area contributed by atoms with Gasteiger partial charge in [-0.2, -0.15) is 4.98 Å². The topological polar surface area (TPSA) is 74.3 Å². The number of nitrogens with zero attached hydrogens (tertiary/aromatic N) is 5. The van der Waals surface area contributed by atoms with Gasteiger partial charge < -0.3 is 14.2 Å². The maximum atomic E-state index is 12.7. The van der Waals surface area contributed by atoms with E-state index in [4.69, 9.17) is 4.74 Å². The Hall–Kier alpha value is -3.81. The first-order valence-corrected chi connectivity index (χ1v) is 9.81. The molecule has 0 radical (unpaired) electrons. The maximum Gasteiger partial charge on any atom is 0.332 e. The van der Waals surface area contributed by atoms with Crippen LogP contribution >= 0.6 is 0 Å². The van der Waals surface area contributed by atoms with E-state index in [0.717, 1.165) is 34.7 Å². The van der Waals surface area contributed by atoms with E-state index in [1.54, 1.807) is 7.05 Å². The third kappa shape index (κ3) is 2.80. The van der Waals surface area contributed by atoms with Gasteiger partial charge in [0.1, 0.15) is 11.5 Å². The van der Waals surface area contributed by atoms with Crippen LogP contribution in [0.2, 0.25) is 0 Å². The molecule has 5 rings (SSSR count). The van der Waals surface area contributed by atoms with Crippen molar-refractivity contribution in [1.29, 1.82) is 0 Å². The van der Waals surface area contributed by atoms with E-state index in [2.05, 4.69) is 9.88 Å². The molecular formula is C22H21N5O3. The summed E-state index contributed by atoms with van der Waals surface area (Å²) in [6, 6.07) is 17.4. The van der Waals surface area contributed by atoms with Gasteiger partial charge in [-0.3, -0.25) is 13.9 Å². The number of aryl methyl sites for hydroxylation is 2. The first-order chi connectivity index (χ1) is 14.5. The molecule has 0 aliphatic carbocycles. The van der Waals surface area contributed by atoms with Gasteiger partial charge in [-0.25, -0.2) is 4.79 Å². The Morgan fingerprint density at radius 1 is 0.867 bits per heavy atom. The molecule has 152 valence electrons. The van der Waals surface area contributed by atoms with Crippen LogP contribution in [0.15, 0.2) is 64.2 Å². The zero-order valence-corrected chi connectivity index (χ0v) is 16.8. The van der Waals surface area contributed by atoms with Gasteiger partial charge in [0.05, 0.1) is 0 Å². The van der Waals surface area contributed by atoms with E-state index in [-0.39, 0.29) is 11.2 Å². The Morgan fingerprint density at radius 3 is 2.30 bits per heavy atom. The average Bonchev–Trinajstić information content (AvgIpc) is 3.17. The highest BCUT2D eigenvalue weighted by molar-refractivity contribution is 5.77. The molecule has 1 aliphatic heterocycles. The third-order valence-corrected chi connectivity index (χ3v) is 5.46. The molecule has 2 aromatic carbocycles. The standard InChI is InChI=1S/C22H21N5O3/c1-24-19-18(20(28)25(2)22(24)29)27-14-6-13-26(21(27)23-19)15-9-11-17(12-10-15)30-16-7-4-3-5-8-16/h3-5,7-12H,6,13-14H2,1-2H3. The quantitative estimate of drug-likeness (QED) is 0.526. The van der Waals surface area contributed by atoms with Crippen molar-refractivity contribution in [2.45, 2.75) is 13.0 Å². The van der Waals surface area contributed by atoms with Gasteiger partial charge in [0.25, 0.3) is 5.56 Å². The second-order valence-electron chi connectivity index (χ2n) is 7.36. The van der Waals surface area contributed by atoms with Gasteiger partial charge in [0.15, 0.2) is 11.2 Å². The van der Waals surface area contributed by atoms with Crippen LogP contribution in [0.1, 0.15) is 6.42 Å². The first-order valence-electron chi connectivity index (χ1n) is 9.81. The molecule has 4 aromatic rings. The minimum atomic E-state index is -0.378. The number of rotatable bonds is 3. The van der Waals surface area contributed by atoms with Gasteiger partial charge >= 0.3 is 5.69 Å². The van der Waals surface area contributed by atoms with E-state index in [1.165, 1.54) is 11.6 Å². The molecule has 0 N–H and O–H groups in total. The van der Waals surface area contributed by atoms with Crippen molar-refractivity contribution < 1.29 is 4.74 Å². The Labute approximate surface area is 172 Å². The second-order valence-corrected chi connectivity index (χ2v) is 7.36. The molecule has 8 heteroatoms. The molecule has 30 heavy (non-hydrogen) atoms. The summed E-state index contributed by atoms with van der Waals surface area (Å²) < 4.78 is 10.3. The van der Waals surface area contributed by atoms with E-state index >= 15 is 0 Å². The summed E-state index contributed by atoms with van der Waals surface area (Å²) in [6.07, 6.45) is 0.868. The fraction of sp³-hybridized carbons (Fsp3) is 0.227. The van der Waals surface area contributed by atoms with Gasteiger partial charge in [0, 0.05) is 32.9 Å². The minimum absolute atomic E-state index is 0.319. The zero-order chi connectivity index (χ0) is 20.8. The molecule has 0 amide bonds. The summed E-state index contributed by atoms with van der Waals surface area (Å²) in [5, 5.41) is 0. The molecular weight excluding hydrogens is 382 g/mol. The molecule has 0 saturated heterocycles. The van der Waals surface area contributed by atoms with E-state index < -0.39 is 0 Å². The van der Waals surface area contributed by atoms with Crippen molar-refractivity contribution in [3.8, 4) is 11.5 Å². The van der Waals surface area contributed by atoms with Gasteiger partial charge in [-0.15, -0.1) is 0 Å². The van der Waals surface area contributed by atoms with Crippen LogP contribution in [0.25, 0.3) is 11.2 Å². The van der Waals surface area contributed by atoms with Crippen molar-refractivity contribution in [2.75, 3.05) is 11.4 Å². The van der Waals surface area contributed by atoms with Crippen LogP contribution in [-0.4, -0.2) is 25.2 Å². The SMILES string of the molecule is Cn1c(=O)c2c(nc3n2CCCN3c2ccc(Oc3ccccc3)cc2)n(C)c1=O. The lowest BCUT2D eigenvalue weighted by atomic mass is 10.2. The molecule has 8 nitrogen and oxygen atoms in total. The lowest BCUT2D eigenvalue weighted by molar-refractivity contribution is 0.482. The lowest BCUT2D eigenvalue weighted by Crippen LogP contribution is -2.38. The molecule has 0 saturated carbocycles.